The third-order valence-electron chi connectivity index (χ3n) is 16.7. The van der Waals surface area contributed by atoms with Crippen molar-refractivity contribution < 1.29 is 56.3 Å². The molecule has 0 fully saturated rings. The summed E-state index contributed by atoms with van der Waals surface area (Å²) in [4.78, 5) is 13.3. The third kappa shape index (κ3) is 23.4. The molecule has 0 heterocycles. The second kappa shape index (κ2) is 36.2. The first-order chi connectivity index (χ1) is 37.3. The molecule has 450 valence electrons. The van der Waals surface area contributed by atoms with Crippen LogP contribution in [0.4, 0.5) is 0 Å². The standard InChI is InChI=1S/C65H110O12Si2/c1-23-27-28-47(6)62(77-79(24-2,25-3)26-4)52(11)61(72-42-54-30-35-56(69-18)36-31-54)50(9)40-46(5)39-49(8)60(75-45-68-17)48(7)29-34-58(74-44-67-16)41-59(76-78(21,22)65(13,14)15)51(10)63(53(12)64(66)71-20)73-43-55-32-37-57(70-19)38-33-55/h23,27-39,47-53,58-63H,1,24-26,40-45H2,2-22H3/b28-27-,34-29-,46-39-/t47-,48-,49-,50-,51-,52-,53+,58+,59-,60-,61+,62-,63-/m0/s1. The zero-order chi connectivity index (χ0) is 59.5. The van der Waals surface area contributed by atoms with Crippen molar-refractivity contribution in [3.8, 4) is 11.5 Å². The van der Waals surface area contributed by atoms with E-state index in [0.717, 1.165) is 47.2 Å². The first-order valence-electron chi connectivity index (χ1n) is 29.1. The zero-order valence-corrected chi connectivity index (χ0v) is 55.1. The van der Waals surface area contributed by atoms with Crippen molar-refractivity contribution in [1.82, 2.24) is 0 Å². The predicted octanol–water partition coefficient (Wildman–Crippen LogP) is 15.6. The van der Waals surface area contributed by atoms with Gasteiger partial charge in [0.25, 0.3) is 0 Å². The fraction of sp³-hybridized carbons (Fsp3) is 0.677. The molecule has 0 N–H and O–H groups in total. The molecular weight excluding hydrogens is 1030 g/mol. The van der Waals surface area contributed by atoms with Crippen LogP contribution < -0.4 is 9.47 Å². The number of carbonyl (C=O) groups excluding carboxylic acids is 1. The van der Waals surface area contributed by atoms with E-state index in [1.807, 2.05) is 55.5 Å². The van der Waals surface area contributed by atoms with Gasteiger partial charge in [-0.1, -0.05) is 156 Å². The van der Waals surface area contributed by atoms with E-state index in [2.05, 4.69) is 146 Å². The van der Waals surface area contributed by atoms with E-state index in [-0.39, 0.29) is 84.5 Å². The second-order valence-corrected chi connectivity index (χ2v) is 33.2. The Morgan fingerprint density at radius 1 is 0.620 bits per heavy atom. The largest absolute Gasteiger partial charge is 0.497 e. The van der Waals surface area contributed by atoms with Crippen LogP contribution in [-0.2, 0) is 60.0 Å². The van der Waals surface area contributed by atoms with Gasteiger partial charge in [-0.25, -0.2) is 0 Å². The summed E-state index contributed by atoms with van der Waals surface area (Å²) >= 11 is 0. The van der Waals surface area contributed by atoms with Crippen LogP contribution in [0.25, 0.3) is 0 Å². The van der Waals surface area contributed by atoms with Gasteiger partial charge in [0.15, 0.2) is 16.6 Å². The van der Waals surface area contributed by atoms with E-state index in [1.165, 1.54) is 12.7 Å². The summed E-state index contributed by atoms with van der Waals surface area (Å²) in [7, 11) is 3.64. The van der Waals surface area contributed by atoms with E-state index in [4.69, 9.17) is 51.5 Å². The van der Waals surface area contributed by atoms with Crippen molar-refractivity contribution in [3.63, 3.8) is 0 Å². The van der Waals surface area contributed by atoms with Gasteiger partial charge in [-0.05, 0) is 104 Å². The maximum Gasteiger partial charge on any atom is 0.311 e. The quantitative estimate of drug-likeness (QED) is 0.0208. The molecule has 2 aromatic rings. The van der Waals surface area contributed by atoms with Gasteiger partial charge in [0.2, 0.25) is 0 Å². The number of ether oxygens (including phenoxy) is 9. The predicted molar refractivity (Wildman–Crippen MR) is 328 cm³/mol. The number of rotatable bonds is 40. The maximum atomic E-state index is 13.3. The molecule has 0 aliphatic heterocycles. The number of methoxy groups -OCH3 is 5. The molecule has 12 nitrogen and oxygen atoms in total. The van der Waals surface area contributed by atoms with Crippen LogP contribution in [0.3, 0.4) is 0 Å². The van der Waals surface area contributed by atoms with Crippen molar-refractivity contribution in [2.45, 2.75) is 196 Å². The summed E-state index contributed by atoms with van der Waals surface area (Å²) in [5.41, 5.74) is 3.32. The van der Waals surface area contributed by atoms with Crippen LogP contribution in [0.5, 0.6) is 11.5 Å². The van der Waals surface area contributed by atoms with E-state index in [9.17, 15) is 4.79 Å². The molecular formula is C65H110O12Si2. The molecule has 0 saturated heterocycles. The minimum atomic E-state index is -2.39. The van der Waals surface area contributed by atoms with Crippen LogP contribution in [0.2, 0.25) is 36.3 Å². The molecule has 0 unspecified atom stereocenters. The lowest BCUT2D eigenvalue weighted by Gasteiger charge is -2.43. The van der Waals surface area contributed by atoms with Gasteiger partial charge < -0.3 is 51.5 Å². The summed E-state index contributed by atoms with van der Waals surface area (Å²) in [5.74, 6) is 0.762. The first-order valence-corrected chi connectivity index (χ1v) is 34.6. The van der Waals surface area contributed by atoms with Crippen molar-refractivity contribution in [2.24, 2.45) is 41.4 Å². The summed E-state index contributed by atoms with van der Waals surface area (Å²) in [6.07, 6.45) is 12.4. The fourth-order valence-corrected chi connectivity index (χ4v) is 15.0. The number of benzene rings is 2. The highest BCUT2D eigenvalue weighted by molar-refractivity contribution is 6.74. The Bertz CT molecular complexity index is 2070. The molecule has 2 aromatic carbocycles. The average molecular weight is 1140 g/mol. The number of allylic oxidation sites excluding steroid dienone is 3. The van der Waals surface area contributed by atoms with Gasteiger partial charge >= 0.3 is 5.97 Å². The molecule has 13 atom stereocenters. The highest BCUT2D eigenvalue weighted by Gasteiger charge is 2.44. The lowest BCUT2D eigenvalue weighted by atomic mass is 9.81. The Hall–Kier alpha value is -3.42. The minimum absolute atomic E-state index is 0.0139. The molecule has 14 heteroatoms. The van der Waals surface area contributed by atoms with E-state index >= 15 is 0 Å². The monoisotopic (exact) mass is 1140 g/mol. The van der Waals surface area contributed by atoms with Crippen LogP contribution in [-0.4, -0.2) is 108 Å². The normalized spacial score (nSPS) is 18.0. The Kier molecular flexibility index (Phi) is 32.9. The van der Waals surface area contributed by atoms with E-state index in [0.29, 0.717) is 19.6 Å². The van der Waals surface area contributed by atoms with Gasteiger partial charge in [-0.3, -0.25) is 4.79 Å². The zero-order valence-electron chi connectivity index (χ0n) is 53.1. The molecule has 0 spiro atoms. The fourth-order valence-electron chi connectivity index (χ4n) is 10.6. The molecule has 0 aliphatic carbocycles. The van der Waals surface area contributed by atoms with Crippen LogP contribution in [0.1, 0.15) is 121 Å². The van der Waals surface area contributed by atoms with E-state index < -0.39 is 34.8 Å². The van der Waals surface area contributed by atoms with Gasteiger partial charge in [0.1, 0.15) is 25.1 Å². The lowest BCUT2D eigenvalue weighted by Crippen LogP contribution is -2.49. The van der Waals surface area contributed by atoms with Crippen molar-refractivity contribution in [3.05, 3.63) is 108 Å². The smallest absolute Gasteiger partial charge is 0.311 e. The van der Waals surface area contributed by atoms with Gasteiger partial charge in [0, 0.05) is 44.3 Å². The van der Waals surface area contributed by atoms with Crippen molar-refractivity contribution in [1.29, 1.82) is 0 Å². The van der Waals surface area contributed by atoms with Gasteiger partial charge in [0.05, 0.1) is 77.1 Å². The Morgan fingerprint density at radius 3 is 1.59 bits per heavy atom. The Balaban J connectivity index is 2.61. The highest BCUT2D eigenvalue weighted by atomic mass is 28.4. The highest BCUT2D eigenvalue weighted by Crippen LogP contribution is 2.41. The summed E-state index contributed by atoms with van der Waals surface area (Å²) in [5, 5.41) is -0.0920. The summed E-state index contributed by atoms with van der Waals surface area (Å²) in [6, 6.07) is 19.1. The number of hydrogen-bond donors (Lipinski definition) is 0. The van der Waals surface area contributed by atoms with Gasteiger partial charge in [-0.15, -0.1) is 0 Å². The molecule has 0 amide bonds. The summed E-state index contributed by atoms with van der Waals surface area (Å²) < 4.78 is 68.9. The second-order valence-electron chi connectivity index (χ2n) is 23.7. The minimum Gasteiger partial charge on any atom is -0.497 e. The Morgan fingerprint density at radius 2 is 1.13 bits per heavy atom. The number of carbonyl (C=O) groups is 1. The van der Waals surface area contributed by atoms with Crippen molar-refractivity contribution in [2.75, 3.05) is 49.1 Å². The molecule has 0 saturated carbocycles. The summed E-state index contributed by atoms with van der Waals surface area (Å²) in [6.45, 7) is 40.6. The number of hydrogen-bond acceptors (Lipinski definition) is 12. The van der Waals surface area contributed by atoms with E-state index in [1.54, 1.807) is 28.4 Å². The average Bonchev–Trinajstić information content (AvgIpc) is 3.46. The molecule has 2 rings (SSSR count). The SMILES string of the molecule is C=C/C=C\[C@H](C)[C@H](O[Si](CC)(CC)CC)[C@@H](C)[C@H](OCc1ccc(OC)cc1)[C@@H](C)C/C(C)=C\[C@H](C)[C@@H](OCOC)[C@@H](C)/C=C\[C@H](C[C@H](O[Si](C)(C)C(C)(C)C)[C@H](C)[C@H](OCc1ccc(OC)cc1)[C@@H](C)C(=O)OC)OCOC. The van der Waals surface area contributed by atoms with Gasteiger partial charge in [-0.2, -0.15) is 0 Å². The van der Waals surface area contributed by atoms with Crippen LogP contribution >= 0.6 is 0 Å². The first kappa shape index (κ1) is 71.7. The number of esters is 1. The molecule has 0 aromatic heterocycles. The Labute approximate surface area is 482 Å². The third-order valence-corrected chi connectivity index (χ3v) is 25.9. The molecule has 0 aliphatic rings. The molecule has 79 heavy (non-hydrogen) atoms. The molecule has 0 bridgehead atoms. The van der Waals surface area contributed by atoms with Crippen LogP contribution in [0, 0.1) is 41.4 Å². The lowest BCUT2D eigenvalue weighted by molar-refractivity contribution is -0.155. The van der Waals surface area contributed by atoms with Crippen LogP contribution in [0.15, 0.2) is 97.1 Å². The molecule has 0 radical (unpaired) electrons. The topological polar surface area (TPSA) is 119 Å². The van der Waals surface area contributed by atoms with Crippen molar-refractivity contribution >= 4 is 22.6 Å². The maximum absolute atomic E-state index is 13.3.